The van der Waals surface area contributed by atoms with Gasteiger partial charge in [0, 0.05) is 23.2 Å². The summed E-state index contributed by atoms with van der Waals surface area (Å²) in [6.45, 7) is 4.12. The van der Waals surface area contributed by atoms with Crippen molar-refractivity contribution in [1.29, 1.82) is 0 Å². The molecule has 0 saturated heterocycles. The number of ether oxygens (including phenoxy) is 1. The van der Waals surface area contributed by atoms with E-state index in [0.29, 0.717) is 0 Å². The van der Waals surface area contributed by atoms with Gasteiger partial charge in [0.2, 0.25) is 11.8 Å². The second kappa shape index (κ2) is 9.59. The quantitative estimate of drug-likeness (QED) is 0.728. The summed E-state index contributed by atoms with van der Waals surface area (Å²) in [6.07, 6.45) is 3.82. The first kappa shape index (κ1) is 20.9. The Bertz CT molecular complexity index is 853. The summed E-state index contributed by atoms with van der Waals surface area (Å²) in [4.78, 5) is 25.4. The monoisotopic (exact) mass is 394 g/mol. The van der Waals surface area contributed by atoms with Crippen LogP contribution in [0.5, 0.6) is 5.75 Å². The molecule has 2 aromatic carbocycles. The lowest BCUT2D eigenvalue weighted by Crippen LogP contribution is -2.32. The summed E-state index contributed by atoms with van der Waals surface area (Å²) in [7, 11) is 1.62. The third-order valence-electron chi connectivity index (χ3n) is 5.81. The molecule has 0 heterocycles. The third-order valence-corrected chi connectivity index (χ3v) is 5.81. The first-order valence-electron chi connectivity index (χ1n) is 10.4. The molecule has 0 spiro atoms. The average Bonchev–Trinajstić information content (AvgIpc) is 2.75. The highest BCUT2D eigenvalue weighted by atomic mass is 16.5. The number of para-hydroxylation sites is 1. The highest BCUT2D eigenvalue weighted by molar-refractivity contribution is 5.95. The maximum absolute atomic E-state index is 12.8. The topological polar surface area (TPSA) is 67.4 Å². The molecule has 2 aromatic rings. The van der Waals surface area contributed by atoms with E-state index in [1.807, 2.05) is 43.3 Å². The number of methoxy groups -OCH3 is 1. The Morgan fingerprint density at radius 3 is 2.07 bits per heavy atom. The number of benzene rings is 2. The van der Waals surface area contributed by atoms with Crippen molar-refractivity contribution >= 4 is 23.2 Å². The van der Waals surface area contributed by atoms with Gasteiger partial charge < -0.3 is 15.4 Å². The first-order valence-corrected chi connectivity index (χ1v) is 10.4. The van der Waals surface area contributed by atoms with Gasteiger partial charge in [0.25, 0.3) is 0 Å². The van der Waals surface area contributed by atoms with Crippen LogP contribution < -0.4 is 15.4 Å². The Hall–Kier alpha value is -2.82. The molecule has 3 rings (SSSR count). The van der Waals surface area contributed by atoms with Gasteiger partial charge in [-0.2, -0.15) is 0 Å². The number of rotatable bonds is 6. The standard InChI is InChI=1S/C24H30N2O3/c1-4-17-7-5-6-16(2)22(17)26-24(28)19-10-8-18(9-11-19)23(27)25-20-12-14-21(29-3)15-13-20/h5-7,12-15,18-19H,4,8-11H2,1-3H3,(H,25,27)(H,26,28). The first-order chi connectivity index (χ1) is 14.0. The average molecular weight is 395 g/mol. The van der Waals surface area contributed by atoms with Crippen molar-refractivity contribution in [2.24, 2.45) is 11.8 Å². The van der Waals surface area contributed by atoms with Crippen LogP contribution in [0.25, 0.3) is 0 Å². The summed E-state index contributed by atoms with van der Waals surface area (Å²) in [6, 6.07) is 13.4. The van der Waals surface area contributed by atoms with Crippen LogP contribution >= 0.6 is 0 Å². The van der Waals surface area contributed by atoms with Gasteiger partial charge in [-0.05, 0) is 74.4 Å². The number of hydrogen-bond donors (Lipinski definition) is 2. The number of nitrogens with one attached hydrogen (secondary N) is 2. The minimum absolute atomic E-state index is 0.0289. The zero-order chi connectivity index (χ0) is 20.8. The Morgan fingerprint density at radius 1 is 0.931 bits per heavy atom. The van der Waals surface area contributed by atoms with Crippen LogP contribution in [0.2, 0.25) is 0 Å². The number of anilines is 2. The van der Waals surface area contributed by atoms with Crippen LogP contribution in [0, 0.1) is 18.8 Å². The van der Waals surface area contributed by atoms with Crippen LogP contribution in [0.3, 0.4) is 0 Å². The molecule has 0 unspecified atom stereocenters. The molecule has 0 atom stereocenters. The molecule has 0 aliphatic heterocycles. The van der Waals surface area contributed by atoms with Gasteiger partial charge in [0.1, 0.15) is 5.75 Å². The number of amides is 2. The summed E-state index contributed by atoms with van der Waals surface area (Å²) < 4.78 is 5.14. The lowest BCUT2D eigenvalue weighted by atomic mass is 9.81. The molecular weight excluding hydrogens is 364 g/mol. The smallest absolute Gasteiger partial charge is 0.227 e. The number of hydrogen-bond acceptors (Lipinski definition) is 3. The van der Waals surface area contributed by atoms with Crippen LogP contribution in [-0.2, 0) is 16.0 Å². The molecule has 2 N–H and O–H groups in total. The molecule has 0 bridgehead atoms. The number of carbonyl (C=O) groups is 2. The van der Waals surface area contributed by atoms with E-state index in [-0.39, 0.29) is 23.7 Å². The summed E-state index contributed by atoms with van der Waals surface area (Å²) in [5.74, 6) is 0.772. The van der Waals surface area contributed by atoms with Crippen molar-refractivity contribution in [1.82, 2.24) is 0 Å². The molecular formula is C24H30N2O3. The molecule has 154 valence electrons. The van der Waals surface area contributed by atoms with Crippen LogP contribution in [0.1, 0.15) is 43.7 Å². The van der Waals surface area contributed by atoms with E-state index in [1.54, 1.807) is 7.11 Å². The van der Waals surface area contributed by atoms with Crippen molar-refractivity contribution in [3.8, 4) is 5.75 Å². The molecule has 5 heteroatoms. The second-order valence-corrected chi connectivity index (χ2v) is 7.72. The Kier molecular flexibility index (Phi) is 6.91. The van der Waals surface area contributed by atoms with Gasteiger partial charge in [-0.3, -0.25) is 9.59 Å². The van der Waals surface area contributed by atoms with Crippen molar-refractivity contribution in [3.63, 3.8) is 0 Å². The Labute approximate surface area is 172 Å². The molecule has 29 heavy (non-hydrogen) atoms. The largest absolute Gasteiger partial charge is 0.497 e. The molecule has 0 radical (unpaired) electrons. The Balaban J connectivity index is 1.53. The van der Waals surface area contributed by atoms with E-state index in [1.165, 1.54) is 0 Å². The van der Waals surface area contributed by atoms with Gasteiger partial charge in [-0.1, -0.05) is 25.1 Å². The number of carbonyl (C=O) groups excluding carboxylic acids is 2. The lowest BCUT2D eigenvalue weighted by Gasteiger charge is -2.27. The van der Waals surface area contributed by atoms with E-state index >= 15 is 0 Å². The van der Waals surface area contributed by atoms with Crippen molar-refractivity contribution in [2.45, 2.75) is 46.0 Å². The third kappa shape index (κ3) is 5.17. The molecule has 1 fully saturated rings. The molecule has 1 aliphatic rings. The van der Waals surface area contributed by atoms with Crippen molar-refractivity contribution < 1.29 is 14.3 Å². The highest BCUT2D eigenvalue weighted by Gasteiger charge is 2.30. The summed E-state index contributed by atoms with van der Waals surface area (Å²) in [5, 5.41) is 6.12. The van der Waals surface area contributed by atoms with Crippen molar-refractivity contribution in [3.05, 3.63) is 53.6 Å². The fourth-order valence-electron chi connectivity index (χ4n) is 3.96. The normalized spacial score (nSPS) is 18.7. The summed E-state index contributed by atoms with van der Waals surface area (Å²) >= 11 is 0. The SMILES string of the molecule is CCc1cccc(C)c1NC(=O)C1CCC(C(=O)Nc2ccc(OC)cc2)CC1. The minimum Gasteiger partial charge on any atom is -0.497 e. The maximum atomic E-state index is 12.8. The zero-order valence-electron chi connectivity index (χ0n) is 17.5. The molecule has 5 nitrogen and oxygen atoms in total. The minimum atomic E-state index is -0.0502. The molecule has 1 saturated carbocycles. The van der Waals surface area contributed by atoms with E-state index in [9.17, 15) is 9.59 Å². The predicted molar refractivity (Wildman–Crippen MR) is 116 cm³/mol. The van der Waals surface area contributed by atoms with Gasteiger partial charge in [-0.15, -0.1) is 0 Å². The van der Waals surface area contributed by atoms with Crippen LogP contribution in [0.15, 0.2) is 42.5 Å². The predicted octanol–water partition coefficient (Wildman–Crippen LogP) is 4.95. The summed E-state index contributed by atoms with van der Waals surface area (Å²) in [5.41, 5.74) is 3.96. The van der Waals surface area contributed by atoms with Gasteiger partial charge >= 0.3 is 0 Å². The van der Waals surface area contributed by atoms with Gasteiger partial charge in [-0.25, -0.2) is 0 Å². The second-order valence-electron chi connectivity index (χ2n) is 7.72. The fourth-order valence-corrected chi connectivity index (χ4v) is 3.96. The van der Waals surface area contributed by atoms with E-state index < -0.39 is 0 Å². The Morgan fingerprint density at radius 2 is 1.52 bits per heavy atom. The van der Waals surface area contributed by atoms with E-state index in [2.05, 4.69) is 23.6 Å². The molecule has 1 aliphatic carbocycles. The molecule has 0 aromatic heterocycles. The van der Waals surface area contributed by atoms with Crippen molar-refractivity contribution in [2.75, 3.05) is 17.7 Å². The van der Waals surface area contributed by atoms with Gasteiger partial charge in [0.15, 0.2) is 0 Å². The highest BCUT2D eigenvalue weighted by Crippen LogP contribution is 2.31. The lowest BCUT2D eigenvalue weighted by molar-refractivity contribution is -0.125. The van der Waals surface area contributed by atoms with Crippen LogP contribution in [0.4, 0.5) is 11.4 Å². The van der Waals surface area contributed by atoms with Crippen LogP contribution in [-0.4, -0.2) is 18.9 Å². The van der Waals surface area contributed by atoms with E-state index in [0.717, 1.165) is 60.4 Å². The number of aryl methyl sites for hydroxylation is 2. The maximum Gasteiger partial charge on any atom is 0.227 e. The molecule has 2 amide bonds. The van der Waals surface area contributed by atoms with Gasteiger partial charge in [0.05, 0.1) is 7.11 Å². The zero-order valence-corrected chi connectivity index (χ0v) is 17.5. The fraction of sp³-hybridized carbons (Fsp3) is 0.417. The van der Waals surface area contributed by atoms with E-state index in [4.69, 9.17) is 4.74 Å².